The van der Waals surface area contributed by atoms with Crippen LogP contribution in [0.15, 0.2) is 0 Å². The predicted octanol–water partition coefficient (Wildman–Crippen LogP) is -0.532. The van der Waals surface area contributed by atoms with Gasteiger partial charge in [-0.05, 0) is 6.92 Å². The van der Waals surface area contributed by atoms with E-state index in [4.69, 9.17) is 9.47 Å². The maximum atomic E-state index is 11.6. The third kappa shape index (κ3) is 3.15. The molecule has 0 amide bonds. The molecule has 1 heterocycles. The Morgan fingerprint density at radius 1 is 1.60 bits per heavy atom. The van der Waals surface area contributed by atoms with Crippen molar-refractivity contribution in [2.45, 2.75) is 19.0 Å². The number of ether oxygens (including phenoxy) is 2. The first-order chi connectivity index (χ1) is 7.20. The van der Waals surface area contributed by atoms with Crippen LogP contribution in [0.4, 0.5) is 0 Å². The van der Waals surface area contributed by atoms with Gasteiger partial charge in [0, 0.05) is 32.8 Å². The van der Waals surface area contributed by atoms with Crippen molar-refractivity contribution in [2.24, 2.45) is 0 Å². The Labute approximate surface area is 90.7 Å². The van der Waals surface area contributed by atoms with Crippen molar-refractivity contribution in [2.75, 3.05) is 40.5 Å². The van der Waals surface area contributed by atoms with Gasteiger partial charge in [-0.3, -0.25) is 9.69 Å². The van der Waals surface area contributed by atoms with Crippen molar-refractivity contribution in [1.29, 1.82) is 0 Å². The quantitative estimate of drug-likeness (QED) is 0.640. The zero-order valence-corrected chi connectivity index (χ0v) is 9.66. The second-order valence-electron chi connectivity index (χ2n) is 3.79. The lowest BCUT2D eigenvalue weighted by Gasteiger charge is -2.38. The molecule has 1 saturated heterocycles. The lowest BCUT2D eigenvalue weighted by Crippen LogP contribution is -2.57. The van der Waals surface area contributed by atoms with Crippen molar-refractivity contribution in [3.05, 3.63) is 0 Å². The van der Waals surface area contributed by atoms with Gasteiger partial charge in [0.05, 0.1) is 13.7 Å². The first-order valence-corrected chi connectivity index (χ1v) is 5.24. The highest BCUT2D eigenvalue weighted by atomic mass is 16.5. The normalized spacial score (nSPS) is 24.9. The van der Waals surface area contributed by atoms with Gasteiger partial charge in [0.1, 0.15) is 6.04 Å². The van der Waals surface area contributed by atoms with E-state index in [1.807, 2.05) is 0 Å². The molecule has 88 valence electrons. The molecule has 2 atom stereocenters. The fraction of sp³-hybridized carbons (Fsp3) is 0.900. The largest absolute Gasteiger partial charge is 0.468 e. The van der Waals surface area contributed by atoms with Crippen LogP contribution in [0.2, 0.25) is 0 Å². The van der Waals surface area contributed by atoms with Gasteiger partial charge in [0.25, 0.3) is 0 Å². The molecule has 15 heavy (non-hydrogen) atoms. The van der Waals surface area contributed by atoms with E-state index in [2.05, 4.69) is 17.1 Å². The third-order valence-corrected chi connectivity index (χ3v) is 2.75. The molecular formula is C10H20N2O3. The number of carbonyl (C=O) groups is 1. The van der Waals surface area contributed by atoms with E-state index in [0.29, 0.717) is 12.6 Å². The molecule has 1 N–H and O–H groups in total. The first-order valence-electron chi connectivity index (χ1n) is 5.24. The SMILES string of the molecule is COCC(C(=O)OC)N1CCNC[C@H]1C. The van der Waals surface area contributed by atoms with E-state index in [-0.39, 0.29) is 12.0 Å². The van der Waals surface area contributed by atoms with Crippen molar-refractivity contribution >= 4 is 5.97 Å². The molecule has 1 rings (SSSR count). The molecule has 0 bridgehead atoms. The summed E-state index contributed by atoms with van der Waals surface area (Å²) in [6.07, 6.45) is 0. The van der Waals surface area contributed by atoms with Gasteiger partial charge < -0.3 is 14.8 Å². The van der Waals surface area contributed by atoms with Crippen LogP contribution in [-0.2, 0) is 14.3 Å². The fourth-order valence-electron chi connectivity index (χ4n) is 1.91. The first kappa shape index (κ1) is 12.4. The molecule has 0 spiro atoms. The number of rotatable bonds is 4. The standard InChI is InChI=1S/C10H20N2O3/c1-8-6-11-4-5-12(8)9(7-14-2)10(13)15-3/h8-9,11H,4-7H2,1-3H3/t8-,9?/m1/s1. The zero-order chi connectivity index (χ0) is 11.3. The number of piperazine rings is 1. The summed E-state index contributed by atoms with van der Waals surface area (Å²) in [5.74, 6) is -0.217. The van der Waals surface area contributed by atoms with E-state index in [1.54, 1.807) is 7.11 Å². The van der Waals surface area contributed by atoms with Crippen LogP contribution in [0, 0.1) is 0 Å². The summed E-state index contributed by atoms with van der Waals surface area (Å²) in [7, 11) is 3.01. The van der Waals surface area contributed by atoms with E-state index in [9.17, 15) is 4.79 Å². The van der Waals surface area contributed by atoms with Crippen LogP contribution in [0.5, 0.6) is 0 Å². The Bertz CT molecular complexity index is 211. The molecule has 0 radical (unpaired) electrons. The average Bonchev–Trinajstić information content (AvgIpc) is 2.26. The highest BCUT2D eigenvalue weighted by Gasteiger charge is 2.31. The summed E-state index contributed by atoms with van der Waals surface area (Å²) in [5, 5.41) is 3.28. The van der Waals surface area contributed by atoms with Crippen molar-refractivity contribution in [3.63, 3.8) is 0 Å². The third-order valence-electron chi connectivity index (χ3n) is 2.75. The summed E-state index contributed by atoms with van der Waals surface area (Å²) in [6.45, 7) is 5.14. The van der Waals surface area contributed by atoms with E-state index >= 15 is 0 Å². The highest BCUT2D eigenvalue weighted by Crippen LogP contribution is 2.10. The summed E-state index contributed by atoms with van der Waals surface area (Å²) in [4.78, 5) is 13.7. The Kier molecular flexibility index (Phi) is 5.01. The molecular weight excluding hydrogens is 196 g/mol. The molecule has 0 aliphatic carbocycles. The second kappa shape index (κ2) is 6.05. The number of nitrogens with one attached hydrogen (secondary N) is 1. The monoisotopic (exact) mass is 216 g/mol. The van der Waals surface area contributed by atoms with Gasteiger partial charge in [0.15, 0.2) is 0 Å². The zero-order valence-electron chi connectivity index (χ0n) is 9.66. The minimum Gasteiger partial charge on any atom is -0.468 e. The van der Waals surface area contributed by atoms with E-state index in [1.165, 1.54) is 7.11 Å². The van der Waals surface area contributed by atoms with Gasteiger partial charge in [-0.15, -0.1) is 0 Å². The molecule has 5 heteroatoms. The molecule has 0 saturated carbocycles. The van der Waals surface area contributed by atoms with Crippen LogP contribution in [-0.4, -0.2) is 63.4 Å². The maximum Gasteiger partial charge on any atom is 0.325 e. The van der Waals surface area contributed by atoms with Gasteiger partial charge >= 0.3 is 5.97 Å². The van der Waals surface area contributed by atoms with E-state index in [0.717, 1.165) is 19.6 Å². The van der Waals surface area contributed by atoms with Gasteiger partial charge in [0.2, 0.25) is 0 Å². The van der Waals surface area contributed by atoms with Crippen LogP contribution < -0.4 is 5.32 Å². The van der Waals surface area contributed by atoms with Crippen molar-refractivity contribution in [1.82, 2.24) is 10.2 Å². The van der Waals surface area contributed by atoms with Gasteiger partial charge in [-0.1, -0.05) is 0 Å². The Hall–Kier alpha value is -0.650. The number of hydrogen-bond acceptors (Lipinski definition) is 5. The Morgan fingerprint density at radius 2 is 2.33 bits per heavy atom. The second-order valence-corrected chi connectivity index (χ2v) is 3.79. The Balaban J connectivity index is 2.64. The summed E-state index contributed by atoms with van der Waals surface area (Å²) in [6, 6.07) is 0.0510. The van der Waals surface area contributed by atoms with Crippen molar-refractivity contribution in [3.8, 4) is 0 Å². The molecule has 1 aliphatic heterocycles. The molecule has 0 aromatic heterocycles. The molecule has 1 unspecified atom stereocenters. The number of esters is 1. The van der Waals surface area contributed by atoms with E-state index < -0.39 is 0 Å². The number of methoxy groups -OCH3 is 2. The molecule has 0 aromatic carbocycles. The molecule has 0 aromatic rings. The van der Waals surface area contributed by atoms with Crippen LogP contribution >= 0.6 is 0 Å². The lowest BCUT2D eigenvalue weighted by molar-refractivity contribution is -0.150. The Morgan fingerprint density at radius 3 is 2.87 bits per heavy atom. The summed E-state index contributed by atoms with van der Waals surface area (Å²) < 4.78 is 9.85. The predicted molar refractivity (Wildman–Crippen MR) is 56.7 cm³/mol. The maximum absolute atomic E-state index is 11.6. The van der Waals surface area contributed by atoms with Gasteiger partial charge in [-0.2, -0.15) is 0 Å². The fourth-order valence-corrected chi connectivity index (χ4v) is 1.91. The number of carbonyl (C=O) groups excluding carboxylic acids is 1. The lowest BCUT2D eigenvalue weighted by atomic mass is 10.1. The summed E-state index contributed by atoms with van der Waals surface area (Å²) in [5.41, 5.74) is 0. The molecule has 1 fully saturated rings. The smallest absolute Gasteiger partial charge is 0.325 e. The minimum atomic E-state index is -0.280. The summed E-state index contributed by atoms with van der Waals surface area (Å²) >= 11 is 0. The topological polar surface area (TPSA) is 50.8 Å². The minimum absolute atomic E-state index is 0.217. The van der Waals surface area contributed by atoms with Crippen LogP contribution in [0.3, 0.4) is 0 Å². The number of nitrogens with zero attached hydrogens (tertiary/aromatic N) is 1. The highest BCUT2D eigenvalue weighted by molar-refractivity contribution is 5.75. The van der Waals surface area contributed by atoms with Gasteiger partial charge in [-0.25, -0.2) is 0 Å². The van der Waals surface area contributed by atoms with Crippen molar-refractivity contribution < 1.29 is 14.3 Å². The number of hydrogen-bond donors (Lipinski definition) is 1. The van der Waals surface area contributed by atoms with Crippen LogP contribution in [0.1, 0.15) is 6.92 Å². The molecule has 5 nitrogen and oxygen atoms in total. The van der Waals surface area contributed by atoms with Crippen LogP contribution in [0.25, 0.3) is 0 Å². The average molecular weight is 216 g/mol. The molecule has 1 aliphatic rings.